The minimum absolute atomic E-state index is 0.0433. The van der Waals surface area contributed by atoms with Crippen LogP contribution in [0.3, 0.4) is 0 Å². The molecule has 1 N–H and O–H groups in total. The van der Waals surface area contributed by atoms with Gasteiger partial charge < -0.3 is 4.98 Å². The molecule has 0 saturated carbocycles. The van der Waals surface area contributed by atoms with Gasteiger partial charge in [0.1, 0.15) is 5.82 Å². The lowest BCUT2D eigenvalue weighted by Gasteiger charge is -2.15. The summed E-state index contributed by atoms with van der Waals surface area (Å²) >= 11 is 6.02. The molecule has 0 aliphatic heterocycles. The van der Waals surface area contributed by atoms with E-state index in [1.54, 1.807) is 13.1 Å². The maximum atomic E-state index is 11.6. The Morgan fingerprint density at radius 2 is 2.13 bits per heavy atom. The zero-order valence-electron chi connectivity index (χ0n) is 13.0. The number of rotatable bonds is 4. The molecule has 6 heteroatoms. The largest absolute Gasteiger partial charge is 0.311 e. The van der Waals surface area contributed by atoms with E-state index >= 15 is 0 Å². The molecule has 5 nitrogen and oxygen atoms in total. The molecular formula is C17H17ClN4O. The Morgan fingerprint density at radius 3 is 2.87 bits per heavy atom. The Bertz CT molecular complexity index is 884. The van der Waals surface area contributed by atoms with Gasteiger partial charge in [-0.3, -0.25) is 9.48 Å². The lowest BCUT2D eigenvalue weighted by Crippen LogP contribution is -2.09. The van der Waals surface area contributed by atoms with Crippen LogP contribution in [0.15, 0.2) is 47.5 Å². The predicted molar refractivity (Wildman–Crippen MR) is 90.6 cm³/mol. The van der Waals surface area contributed by atoms with Crippen molar-refractivity contribution in [2.45, 2.75) is 25.8 Å². The highest BCUT2D eigenvalue weighted by molar-refractivity contribution is 6.17. The molecule has 0 aliphatic carbocycles. The Hall–Kier alpha value is -2.40. The van der Waals surface area contributed by atoms with E-state index in [0.29, 0.717) is 17.4 Å². The van der Waals surface area contributed by atoms with E-state index in [1.165, 1.54) is 6.07 Å². The fraction of sp³-hybridized carbons (Fsp3) is 0.235. The van der Waals surface area contributed by atoms with Gasteiger partial charge in [0, 0.05) is 23.7 Å². The number of halogens is 1. The number of alkyl halides is 1. The third-order valence-corrected chi connectivity index (χ3v) is 4.09. The summed E-state index contributed by atoms with van der Waals surface area (Å²) in [6.45, 7) is 3.83. The first-order valence-electron chi connectivity index (χ1n) is 7.34. The quantitative estimate of drug-likeness (QED) is 0.747. The number of hydrogen-bond acceptors (Lipinski definition) is 3. The molecule has 0 saturated heterocycles. The Labute approximate surface area is 139 Å². The van der Waals surface area contributed by atoms with Crippen molar-refractivity contribution in [2.24, 2.45) is 0 Å². The van der Waals surface area contributed by atoms with Crippen molar-refractivity contribution in [2.75, 3.05) is 0 Å². The average Bonchev–Trinajstić information content (AvgIpc) is 3.03. The van der Waals surface area contributed by atoms with Gasteiger partial charge in [0.05, 0.1) is 17.9 Å². The molecule has 118 valence electrons. The second kappa shape index (κ2) is 6.38. The topological polar surface area (TPSA) is 63.6 Å². The molecule has 2 heterocycles. The van der Waals surface area contributed by atoms with E-state index in [4.69, 9.17) is 11.6 Å². The maximum Gasteiger partial charge on any atom is 0.251 e. The minimum atomic E-state index is -0.166. The molecule has 2 aromatic heterocycles. The van der Waals surface area contributed by atoms with Crippen molar-refractivity contribution < 1.29 is 0 Å². The van der Waals surface area contributed by atoms with Crippen molar-refractivity contribution in [1.82, 2.24) is 19.7 Å². The maximum absolute atomic E-state index is 11.6. The highest BCUT2D eigenvalue weighted by atomic mass is 35.5. The number of benzene rings is 1. The van der Waals surface area contributed by atoms with Crippen molar-refractivity contribution in [3.05, 3.63) is 70.0 Å². The van der Waals surface area contributed by atoms with Crippen LogP contribution < -0.4 is 5.56 Å². The molecule has 1 aromatic carbocycles. The summed E-state index contributed by atoms with van der Waals surface area (Å²) in [5, 5.41) is 4.42. The third kappa shape index (κ3) is 3.19. The molecule has 0 spiro atoms. The van der Waals surface area contributed by atoms with Crippen molar-refractivity contribution >= 4 is 11.6 Å². The minimum Gasteiger partial charge on any atom is -0.311 e. The van der Waals surface area contributed by atoms with E-state index in [-0.39, 0.29) is 11.6 Å². The van der Waals surface area contributed by atoms with Gasteiger partial charge in [-0.25, -0.2) is 4.98 Å². The van der Waals surface area contributed by atoms with Crippen LogP contribution in [-0.2, 0) is 5.88 Å². The van der Waals surface area contributed by atoms with Crippen LogP contribution >= 0.6 is 11.6 Å². The van der Waals surface area contributed by atoms with Crippen LogP contribution in [0, 0.1) is 6.92 Å². The van der Waals surface area contributed by atoms with Gasteiger partial charge in [-0.05, 0) is 25.0 Å². The van der Waals surface area contributed by atoms with Crippen LogP contribution in [-0.4, -0.2) is 19.7 Å². The second-order valence-electron chi connectivity index (χ2n) is 5.43. The van der Waals surface area contributed by atoms with Gasteiger partial charge in [0.15, 0.2) is 0 Å². The summed E-state index contributed by atoms with van der Waals surface area (Å²) in [4.78, 5) is 18.6. The number of nitrogens with one attached hydrogen (secondary N) is 1. The highest BCUT2D eigenvalue weighted by Gasteiger charge is 2.14. The summed E-state index contributed by atoms with van der Waals surface area (Å²) in [5.41, 5.74) is 3.49. The monoisotopic (exact) mass is 328 g/mol. The van der Waals surface area contributed by atoms with Gasteiger partial charge in [-0.1, -0.05) is 24.3 Å². The first-order valence-corrected chi connectivity index (χ1v) is 7.88. The van der Waals surface area contributed by atoms with E-state index < -0.39 is 0 Å². The summed E-state index contributed by atoms with van der Waals surface area (Å²) in [5.74, 6) is 1.05. The van der Waals surface area contributed by atoms with E-state index in [2.05, 4.69) is 28.1 Å². The summed E-state index contributed by atoms with van der Waals surface area (Å²) in [7, 11) is 0. The Balaban J connectivity index is 1.96. The van der Waals surface area contributed by atoms with Gasteiger partial charge in [-0.15, -0.1) is 11.6 Å². The molecule has 3 aromatic rings. The summed E-state index contributed by atoms with van der Waals surface area (Å²) in [6.07, 6.45) is 3.62. The van der Waals surface area contributed by atoms with Crippen molar-refractivity contribution in [3.8, 4) is 11.3 Å². The molecule has 0 amide bonds. The number of nitrogens with zero attached hydrogens (tertiary/aromatic N) is 3. The molecule has 3 rings (SSSR count). The van der Waals surface area contributed by atoms with Crippen LogP contribution in [0.2, 0.25) is 0 Å². The first kappa shape index (κ1) is 15.5. The van der Waals surface area contributed by atoms with Gasteiger partial charge in [0.25, 0.3) is 5.56 Å². The number of aromatic nitrogens is 4. The van der Waals surface area contributed by atoms with Crippen molar-refractivity contribution in [3.63, 3.8) is 0 Å². The smallest absolute Gasteiger partial charge is 0.251 e. The average molecular weight is 329 g/mol. The standard InChI is InChI=1S/C17H17ClN4O/c1-11(15-6-4-3-5-13(15)8-18)22-10-14(9-19-22)16-7-17(23)21-12(2)20-16/h3-7,9-11H,8H2,1-2H3,(H,20,21,23)/t11-/m0/s1. The van der Waals surface area contributed by atoms with Crippen LogP contribution in [0.1, 0.15) is 29.9 Å². The molecule has 1 atom stereocenters. The Morgan fingerprint density at radius 1 is 1.35 bits per heavy atom. The lowest BCUT2D eigenvalue weighted by atomic mass is 10.0. The first-order chi connectivity index (χ1) is 11.1. The second-order valence-corrected chi connectivity index (χ2v) is 5.70. The number of H-pyrrole nitrogens is 1. The number of aromatic amines is 1. The third-order valence-electron chi connectivity index (χ3n) is 3.80. The molecule has 0 radical (unpaired) electrons. The summed E-state index contributed by atoms with van der Waals surface area (Å²) < 4.78 is 1.86. The van der Waals surface area contributed by atoms with Crippen LogP contribution in [0.5, 0.6) is 0 Å². The fourth-order valence-corrected chi connectivity index (χ4v) is 2.86. The van der Waals surface area contributed by atoms with Gasteiger partial charge >= 0.3 is 0 Å². The fourth-order valence-electron chi connectivity index (χ4n) is 2.62. The van der Waals surface area contributed by atoms with Crippen LogP contribution in [0.25, 0.3) is 11.3 Å². The van der Waals surface area contributed by atoms with E-state index in [1.807, 2.05) is 29.1 Å². The molecular weight excluding hydrogens is 312 g/mol. The number of aryl methyl sites for hydroxylation is 1. The van der Waals surface area contributed by atoms with Gasteiger partial charge in [-0.2, -0.15) is 5.10 Å². The molecule has 0 aliphatic rings. The van der Waals surface area contributed by atoms with E-state index in [0.717, 1.165) is 16.7 Å². The van der Waals surface area contributed by atoms with Crippen LogP contribution in [0.4, 0.5) is 0 Å². The number of hydrogen-bond donors (Lipinski definition) is 1. The predicted octanol–water partition coefficient (Wildman–Crippen LogP) is 3.29. The zero-order valence-corrected chi connectivity index (χ0v) is 13.7. The van der Waals surface area contributed by atoms with E-state index in [9.17, 15) is 4.79 Å². The molecule has 0 bridgehead atoms. The zero-order chi connectivity index (χ0) is 16.4. The molecule has 0 unspecified atom stereocenters. The lowest BCUT2D eigenvalue weighted by molar-refractivity contribution is 0.562. The summed E-state index contributed by atoms with van der Waals surface area (Å²) in [6, 6.07) is 9.57. The van der Waals surface area contributed by atoms with Gasteiger partial charge in [0.2, 0.25) is 0 Å². The van der Waals surface area contributed by atoms with Crippen molar-refractivity contribution in [1.29, 1.82) is 0 Å². The highest BCUT2D eigenvalue weighted by Crippen LogP contribution is 2.24. The SMILES string of the molecule is Cc1nc(-c2cnn([C@@H](C)c3ccccc3CCl)c2)cc(=O)[nH]1. The molecule has 0 fully saturated rings. The normalized spacial score (nSPS) is 12.3. The Kier molecular flexibility index (Phi) is 4.30. The molecule has 23 heavy (non-hydrogen) atoms.